The van der Waals surface area contributed by atoms with Gasteiger partial charge in [-0.2, -0.15) is 0 Å². The van der Waals surface area contributed by atoms with Gasteiger partial charge in [0.25, 0.3) is 5.91 Å². The highest BCUT2D eigenvalue weighted by atomic mass is 35.5. The lowest BCUT2D eigenvalue weighted by molar-refractivity contribution is -0.119. The number of primary amides is 1. The first-order valence-electron chi connectivity index (χ1n) is 5.22. The maximum atomic E-state index is 11.8. The van der Waals surface area contributed by atoms with Gasteiger partial charge in [-0.3, -0.25) is 9.59 Å². The molecule has 104 valence electrons. The fraction of sp³-hybridized carbons (Fsp3) is 0.273. The van der Waals surface area contributed by atoms with Crippen LogP contribution in [0.15, 0.2) is 23.1 Å². The van der Waals surface area contributed by atoms with Crippen LogP contribution in [0.1, 0.15) is 17.3 Å². The number of sulfone groups is 1. The van der Waals surface area contributed by atoms with Crippen molar-refractivity contribution < 1.29 is 18.0 Å². The first-order chi connectivity index (χ1) is 8.61. The van der Waals surface area contributed by atoms with E-state index in [-0.39, 0.29) is 15.5 Å². The molecule has 0 saturated carbocycles. The number of hydrogen-bond donors (Lipinski definition) is 2. The van der Waals surface area contributed by atoms with Crippen LogP contribution in [-0.4, -0.2) is 32.5 Å². The molecule has 0 fully saturated rings. The van der Waals surface area contributed by atoms with Crippen molar-refractivity contribution in [2.24, 2.45) is 5.73 Å². The van der Waals surface area contributed by atoms with Crippen LogP contribution in [0.3, 0.4) is 0 Å². The molecule has 1 aromatic carbocycles. The minimum Gasteiger partial charge on any atom is -0.368 e. The average Bonchev–Trinajstić information content (AvgIpc) is 2.26. The van der Waals surface area contributed by atoms with Gasteiger partial charge in [0.05, 0.1) is 4.90 Å². The Morgan fingerprint density at radius 1 is 1.32 bits per heavy atom. The summed E-state index contributed by atoms with van der Waals surface area (Å²) >= 11 is 5.76. The lowest BCUT2D eigenvalue weighted by Crippen LogP contribution is -2.42. The third kappa shape index (κ3) is 4.22. The van der Waals surface area contributed by atoms with Crippen LogP contribution >= 0.6 is 11.6 Å². The third-order valence-corrected chi connectivity index (χ3v) is 3.65. The second kappa shape index (κ2) is 5.58. The second-order valence-corrected chi connectivity index (χ2v) is 6.50. The number of amides is 2. The third-order valence-electron chi connectivity index (χ3n) is 2.34. The minimum absolute atomic E-state index is 0.0426. The lowest BCUT2D eigenvalue weighted by atomic mass is 10.2. The zero-order valence-corrected chi connectivity index (χ0v) is 11.9. The summed E-state index contributed by atoms with van der Waals surface area (Å²) in [6.07, 6.45) is 1.01. The number of benzene rings is 1. The molecule has 2 amide bonds. The van der Waals surface area contributed by atoms with Crippen molar-refractivity contribution in [2.45, 2.75) is 17.9 Å². The molecule has 0 aliphatic carbocycles. The van der Waals surface area contributed by atoms with Crippen LogP contribution in [-0.2, 0) is 14.6 Å². The SMILES string of the molecule is C[C@H](NC(=O)c1cc(Cl)cc(S(C)(=O)=O)c1)C(N)=O. The molecule has 0 heterocycles. The molecule has 3 N–H and O–H groups in total. The summed E-state index contributed by atoms with van der Waals surface area (Å²) in [7, 11) is -3.48. The largest absolute Gasteiger partial charge is 0.368 e. The predicted molar refractivity (Wildman–Crippen MR) is 70.7 cm³/mol. The molecule has 1 atom stereocenters. The van der Waals surface area contributed by atoms with Gasteiger partial charge in [-0.1, -0.05) is 11.6 Å². The van der Waals surface area contributed by atoms with Gasteiger partial charge in [0.15, 0.2) is 9.84 Å². The highest BCUT2D eigenvalue weighted by Crippen LogP contribution is 2.19. The Kier molecular flexibility index (Phi) is 4.54. The molecule has 0 spiro atoms. The van der Waals surface area contributed by atoms with Gasteiger partial charge < -0.3 is 11.1 Å². The zero-order chi connectivity index (χ0) is 14.8. The molecule has 1 rings (SSSR count). The topological polar surface area (TPSA) is 106 Å². The van der Waals surface area contributed by atoms with Crippen molar-refractivity contribution in [1.82, 2.24) is 5.32 Å². The fourth-order valence-corrected chi connectivity index (χ4v) is 2.24. The van der Waals surface area contributed by atoms with Crippen molar-refractivity contribution in [3.8, 4) is 0 Å². The highest BCUT2D eigenvalue weighted by molar-refractivity contribution is 7.90. The Hall–Kier alpha value is -1.60. The van der Waals surface area contributed by atoms with E-state index >= 15 is 0 Å². The van der Waals surface area contributed by atoms with E-state index in [0.717, 1.165) is 6.26 Å². The molecule has 0 unspecified atom stereocenters. The highest BCUT2D eigenvalue weighted by Gasteiger charge is 2.17. The number of carbonyl (C=O) groups excluding carboxylic acids is 2. The summed E-state index contributed by atoms with van der Waals surface area (Å²) in [5.41, 5.74) is 5.06. The van der Waals surface area contributed by atoms with Crippen LogP contribution in [0.5, 0.6) is 0 Å². The molecule has 0 aromatic heterocycles. The fourth-order valence-electron chi connectivity index (χ4n) is 1.26. The first-order valence-corrected chi connectivity index (χ1v) is 7.49. The van der Waals surface area contributed by atoms with Gasteiger partial charge in [0.1, 0.15) is 6.04 Å². The summed E-state index contributed by atoms with van der Waals surface area (Å²) in [5, 5.41) is 2.45. The summed E-state index contributed by atoms with van der Waals surface area (Å²) in [5.74, 6) is -1.32. The molecule has 0 aliphatic heterocycles. The number of rotatable bonds is 4. The smallest absolute Gasteiger partial charge is 0.252 e. The number of nitrogens with two attached hydrogens (primary N) is 1. The standard InChI is InChI=1S/C11H13ClN2O4S/c1-6(10(13)15)14-11(16)7-3-8(12)5-9(4-7)19(2,17)18/h3-6H,1-2H3,(H2,13,15)(H,14,16)/t6-/m0/s1. The van der Waals surface area contributed by atoms with Crippen molar-refractivity contribution >= 4 is 33.3 Å². The van der Waals surface area contributed by atoms with Crippen LogP contribution in [0.2, 0.25) is 5.02 Å². The van der Waals surface area contributed by atoms with Crippen LogP contribution in [0, 0.1) is 0 Å². The molecule has 8 heteroatoms. The molecule has 1 aromatic rings. The van der Waals surface area contributed by atoms with Crippen molar-refractivity contribution in [3.05, 3.63) is 28.8 Å². The zero-order valence-electron chi connectivity index (χ0n) is 10.3. The van der Waals surface area contributed by atoms with Gasteiger partial charge in [-0.15, -0.1) is 0 Å². The predicted octanol–water partition coefficient (Wildman–Crippen LogP) is 0.347. The van der Waals surface area contributed by atoms with Crippen LogP contribution in [0.25, 0.3) is 0 Å². The van der Waals surface area contributed by atoms with Gasteiger partial charge >= 0.3 is 0 Å². The van der Waals surface area contributed by atoms with E-state index in [2.05, 4.69) is 5.32 Å². The molecule has 0 aliphatic rings. The monoisotopic (exact) mass is 304 g/mol. The van der Waals surface area contributed by atoms with Gasteiger partial charge in [0, 0.05) is 16.8 Å². The van der Waals surface area contributed by atoms with Gasteiger partial charge in [-0.05, 0) is 25.1 Å². The van der Waals surface area contributed by atoms with Gasteiger partial charge in [-0.25, -0.2) is 8.42 Å². The summed E-state index contributed by atoms with van der Waals surface area (Å²) < 4.78 is 22.9. The number of carbonyl (C=O) groups is 2. The Bertz CT molecular complexity index is 628. The van der Waals surface area contributed by atoms with Crippen LogP contribution in [0.4, 0.5) is 0 Å². The van der Waals surface area contributed by atoms with E-state index in [1.165, 1.54) is 25.1 Å². The van der Waals surface area contributed by atoms with E-state index in [0.29, 0.717) is 0 Å². The van der Waals surface area contributed by atoms with Crippen molar-refractivity contribution in [3.63, 3.8) is 0 Å². The van der Waals surface area contributed by atoms with E-state index < -0.39 is 27.7 Å². The second-order valence-electron chi connectivity index (χ2n) is 4.05. The normalized spacial score (nSPS) is 12.8. The van der Waals surface area contributed by atoms with E-state index in [9.17, 15) is 18.0 Å². The maximum absolute atomic E-state index is 11.8. The first kappa shape index (κ1) is 15.5. The number of halogens is 1. The Morgan fingerprint density at radius 2 is 1.89 bits per heavy atom. The maximum Gasteiger partial charge on any atom is 0.252 e. The van der Waals surface area contributed by atoms with E-state index in [1.54, 1.807) is 0 Å². The molecular formula is C11H13ClN2O4S. The lowest BCUT2D eigenvalue weighted by Gasteiger charge is -2.11. The summed E-state index contributed by atoms with van der Waals surface area (Å²) in [6, 6.07) is 2.86. The molecule has 6 nitrogen and oxygen atoms in total. The Morgan fingerprint density at radius 3 is 2.37 bits per heavy atom. The van der Waals surface area contributed by atoms with Crippen LogP contribution < -0.4 is 11.1 Å². The number of hydrogen-bond acceptors (Lipinski definition) is 4. The average molecular weight is 305 g/mol. The Balaban J connectivity index is 3.11. The molecule has 0 radical (unpaired) electrons. The molecule has 19 heavy (non-hydrogen) atoms. The summed E-state index contributed by atoms with van der Waals surface area (Å²) in [6.45, 7) is 1.42. The molecule has 0 bridgehead atoms. The van der Waals surface area contributed by atoms with E-state index in [4.69, 9.17) is 17.3 Å². The molecule has 0 saturated heterocycles. The van der Waals surface area contributed by atoms with Crippen molar-refractivity contribution in [2.75, 3.05) is 6.26 Å². The minimum atomic E-state index is -3.48. The molecular weight excluding hydrogens is 292 g/mol. The van der Waals surface area contributed by atoms with E-state index in [1.807, 2.05) is 0 Å². The van der Waals surface area contributed by atoms with Crippen molar-refractivity contribution in [1.29, 1.82) is 0 Å². The quantitative estimate of drug-likeness (QED) is 0.836. The summed E-state index contributed by atoms with van der Waals surface area (Å²) in [4.78, 5) is 22.6. The Labute approximate surface area is 115 Å². The number of nitrogens with one attached hydrogen (secondary N) is 1. The van der Waals surface area contributed by atoms with Gasteiger partial charge in [0.2, 0.25) is 5.91 Å².